The zero-order chi connectivity index (χ0) is 34.7. The molecule has 13 nitrogen and oxygen atoms in total. The maximum Gasteiger partial charge on any atom is 0.524 e. The van der Waals surface area contributed by atoms with Crippen molar-refractivity contribution in [3.05, 3.63) is 120 Å². The molecular weight excluding hydrogens is 647 g/mol. The molecule has 6 rings (SSSR count). The average Bonchev–Trinajstić information content (AvgIpc) is 3.08. The van der Waals surface area contributed by atoms with Gasteiger partial charge < -0.3 is 19.6 Å². The van der Waals surface area contributed by atoms with E-state index in [2.05, 4.69) is 21.4 Å². The molecule has 3 aromatic carbocycles. The summed E-state index contributed by atoms with van der Waals surface area (Å²) in [6.45, 7) is 6.18. The van der Waals surface area contributed by atoms with Crippen LogP contribution in [0, 0.1) is 0 Å². The second kappa shape index (κ2) is 14.2. The molecule has 3 heterocycles. The minimum absolute atomic E-state index is 0.0426. The molecule has 2 saturated heterocycles. The van der Waals surface area contributed by atoms with Crippen LogP contribution in [0.3, 0.4) is 0 Å². The van der Waals surface area contributed by atoms with Gasteiger partial charge in [-0.05, 0) is 41.8 Å². The zero-order valence-corrected chi connectivity index (χ0v) is 27.7. The highest BCUT2D eigenvalue weighted by atomic mass is 31.2. The van der Waals surface area contributed by atoms with E-state index in [1.165, 1.54) is 22.0 Å². The predicted molar refractivity (Wildman–Crippen MR) is 181 cm³/mol. The average molecular weight is 685 g/mol. The number of hydrogen-bond donors (Lipinski definition) is 3. The van der Waals surface area contributed by atoms with Crippen molar-refractivity contribution in [3.8, 4) is 5.75 Å². The number of nitrogens with zero attached hydrogens (tertiary/aromatic N) is 5. The molecule has 0 bridgehead atoms. The summed E-state index contributed by atoms with van der Waals surface area (Å²) in [5, 5.41) is 7.09. The van der Waals surface area contributed by atoms with Crippen LogP contribution in [0.25, 0.3) is 10.9 Å². The molecular formula is C35H37N6O7P. The van der Waals surface area contributed by atoms with Crippen LogP contribution in [0.15, 0.2) is 104 Å². The van der Waals surface area contributed by atoms with Crippen molar-refractivity contribution in [2.75, 3.05) is 13.1 Å². The number of urea groups is 1. The van der Waals surface area contributed by atoms with Gasteiger partial charge >= 0.3 is 13.9 Å². The predicted octanol–water partition coefficient (Wildman–Crippen LogP) is 3.83. The van der Waals surface area contributed by atoms with Gasteiger partial charge in [0.25, 0.3) is 0 Å². The molecule has 49 heavy (non-hydrogen) atoms. The number of para-hydroxylation sites is 1. The molecule has 0 aliphatic carbocycles. The Kier molecular flexibility index (Phi) is 9.79. The van der Waals surface area contributed by atoms with E-state index in [1.54, 1.807) is 34.3 Å². The number of carbonyl (C=O) groups is 3. The van der Waals surface area contributed by atoms with E-state index in [0.29, 0.717) is 5.56 Å². The molecule has 2 aliphatic heterocycles. The normalized spacial score (nSPS) is 19.9. The van der Waals surface area contributed by atoms with Crippen LogP contribution in [0.4, 0.5) is 4.79 Å². The molecule has 0 radical (unpaired) electrons. The number of pyridine rings is 1. The number of aromatic nitrogens is 1. The zero-order valence-electron chi connectivity index (χ0n) is 26.8. The van der Waals surface area contributed by atoms with Gasteiger partial charge in [0.15, 0.2) is 0 Å². The number of piperazine rings is 1. The van der Waals surface area contributed by atoms with Gasteiger partial charge in [-0.15, -0.1) is 6.58 Å². The summed E-state index contributed by atoms with van der Waals surface area (Å²) >= 11 is 0. The second-order valence-corrected chi connectivity index (χ2v) is 13.1. The highest BCUT2D eigenvalue weighted by Gasteiger charge is 2.54. The first-order valence-corrected chi connectivity index (χ1v) is 17.3. The summed E-state index contributed by atoms with van der Waals surface area (Å²) in [4.78, 5) is 68.9. The SMILES string of the molecule is C=CCN1CC(=O)N2C(Cc3ccc(OP(=O)(O)O)cc3)C(=O)N(Cc3cccc4cccnc34)C(C)C2N1C(=O)NCc1ccccc1. The highest BCUT2D eigenvalue weighted by Crippen LogP contribution is 2.38. The number of phosphoric ester groups is 1. The lowest BCUT2D eigenvalue weighted by atomic mass is 9.94. The van der Waals surface area contributed by atoms with Crippen molar-refractivity contribution < 1.29 is 33.3 Å². The van der Waals surface area contributed by atoms with Crippen LogP contribution in [0.2, 0.25) is 0 Å². The van der Waals surface area contributed by atoms with E-state index < -0.39 is 32.1 Å². The summed E-state index contributed by atoms with van der Waals surface area (Å²) < 4.78 is 16.0. The lowest BCUT2D eigenvalue weighted by Gasteiger charge is -2.57. The fraction of sp³-hybridized carbons (Fsp3) is 0.257. The highest BCUT2D eigenvalue weighted by molar-refractivity contribution is 7.46. The molecule has 4 amide bonds. The maximum absolute atomic E-state index is 14.6. The van der Waals surface area contributed by atoms with Gasteiger partial charge in [0, 0.05) is 37.6 Å². The van der Waals surface area contributed by atoms with Gasteiger partial charge in [-0.25, -0.2) is 19.4 Å². The van der Waals surface area contributed by atoms with Gasteiger partial charge in [-0.1, -0.05) is 72.8 Å². The number of hydrogen-bond acceptors (Lipinski definition) is 7. The van der Waals surface area contributed by atoms with Crippen molar-refractivity contribution in [1.82, 2.24) is 30.1 Å². The van der Waals surface area contributed by atoms with Gasteiger partial charge in [-0.3, -0.25) is 24.4 Å². The molecule has 4 aromatic rings. The number of nitrogens with one attached hydrogen (secondary N) is 1. The first-order valence-electron chi connectivity index (χ1n) is 15.8. The summed E-state index contributed by atoms with van der Waals surface area (Å²) in [6.07, 6.45) is 2.52. The van der Waals surface area contributed by atoms with Crippen LogP contribution in [0.5, 0.6) is 5.75 Å². The van der Waals surface area contributed by atoms with Crippen LogP contribution >= 0.6 is 7.82 Å². The summed E-state index contributed by atoms with van der Waals surface area (Å²) in [7, 11) is -4.77. The van der Waals surface area contributed by atoms with Gasteiger partial charge in [0.2, 0.25) is 11.8 Å². The van der Waals surface area contributed by atoms with Crippen molar-refractivity contribution in [1.29, 1.82) is 0 Å². The number of amides is 4. The fourth-order valence-electron chi connectivity index (χ4n) is 6.55. The summed E-state index contributed by atoms with van der Waals surface area (Å²) in [5.41, 5.74) is 3.08. The Morgan fingerprint density at radius 2 is 1.76 bits per heavy atom. The number of benzene rings is 3. The molecule has 0 saturated carbocycles. The molecule has 1 aromatic heterocycles. The van der Waals surface area contributed by atoms with Crippen LogP contribution in [-0.2, 0) is 33.7 Å². The van der Waals surface area contributed by atoms with E-state index in [4.69, 9.17) is 0 Å². The fourth-order valence-corrected chi connectivity index (χ4v) is 6.95. The maximum atomic E-state index is 14.6. The van der Waals surface area contributed by atoms with E-state index in [1.807, 2.05) is 67.6 Å². The van der Waals surface area contributed by atoms with E-state index in [0.717, 1.165) is 22.0 Å². The lowest BCUT2D eigenvalue weighted by molar-refractivity contribution is -0.198. The molecule has 254 valence electrons. The number of carbonyl (C=O) groups excluding carboxylic acids is 3. The monoisotopic (exact) mass is 684 g/mol. The first kappa shape index (κ1) is 33.8. The Morgan fingerprint density at radius 1 is 1.02 bits per heavy atom. The third-order valence-corrected chi connectivity index (χ3v) is 9.19. The Bertz CT molecular complexity index is 1900. The second-order valence-electron chi connectivity index (χ2n) is 12.0. The van der Waals surface area contributed by atoms with Crippen molar-refractivity contribution in [2.24, 2.45) is 0 Å². The van der Waals surface area contributed by atoms with Crippen molar-refractivity contribution in [2.45, 2.75) is 44.7 Å². The minimum Gasteiger partial charge on any atom is -0.404 e. The number of phosphoric acid groups is 1. The van der Waals surface area contributed by atoms with Crippen molar-refractivity contribution >= 4 is 36.6 Å². The molecule has 2 aliphatic rings. The minimum atomic E-state index is -4.77. The molecule has 3 atom stereocenters. The number of fused-ring (bicyclic) bond motifs is 2. The number of rotatable bonds is 10. The van der Waals surface area contributed by atoms with E-state index in [-0.39, 0.29) is 50.2 Å². The third-order valence-electron chi connectivity index (χ3n) is 8.74. The topological polar surface area (TPSA) is 156 Å². The Balaban J connectivity index is 1.39. The summed E-state index contributed by atoms with van der Waals surface area (Å²) in [6, 6.07) is 22.9. The third kappa shape index (κ3) is 7.35. The quantitative estimate of drug-likeness (QED) is 0.167. The Hall–Kier alpha value is -5.07. The van der Waals surface area contributed by atoms with Gasteiger partial charge in [-0.2, -0.15) is 0 Å². The lowest BCUT2D eigenvalue weighted by Crippen LogP contribution is -2.79. The smallest absolute Gasteiger partial charge is 0.404 e. The standard InChI is InChI=1S/C35H37N6O7P/c1-3-19-38-23-31(42)40-30(20-25-14-16-29(17-15-25)48-49(45,46)47)34(43)39(22-28-12-7-11-27-13-8-18-36-32(27)28)24(2)33(40)41(38)35(44)37-21-26-9-5-4-6-10-26/h3-18,24,30,33H,1,19-23H2,2H3,(H,37,44)(H2,45,46,47). The molecule has 14 heteroatoms. The van der Waals surface area contributed by atoms with E-state index in [9.17, 15) is 28.7 Å². The van der Waals surface area contributed by atoms with E-state index >= 15 is 0 Å². The molecule has 3 unspecified atom stereocenters. The van der Waals surface area contributed by atoms with Crippen molar-refractivity contribution in [3.63, 3.8) is 0 Å². The Morgan fingerprint density at radius 3 is 2.47 bits per heavy atom. The molecule has 2 fully saturated rings. The number of hydrazine groups is 1. The largest absolute Gasteiger partial charge is 0.524 e. The van der Waals surface area contributed by atoms with Crippen LogP contribution in [-0.4, -0.2) is 83.8 Å². The van der Waals surface area contributed by atoms with Gasteiger partial charge in [0.1, 0.15) is 18.0 Å². The summed E-state index contributed by atoms with van der Waals surface area (Å²) in [5.74, 6) is -0.668. The Labute approximate surface area is 283 Å². The van der Waals surface area contributed by atoms with Gasteiger partial charge in [0.05, 0.1) is 18.1 Å². The molecule has 0 spiro atoms. The van der Waals surface area contributed by atoms with Crippen LogP contribution in [0.1, 0.15) is 23.6 Å². The van der Waals surface area contributed by atoms with Crippen LogP contribution < -0.4 is 9.84 Å². The molecule has 3 N–H and O–H groups in total. The first-order chi connectivity index (χ1) is 23.5.